The number of hydrogen-bond donors (Lipinski definition) is 2. The lowest BCUT2D eigenvalue weighted by atomic mass is 10.1. The first-order valence-corrected chi connectivity index (χ1v) is 9.31. The molecule has 138 valence electrons. The van der Waals surface area contributed by atoms with Crippen LogP contribution in [0.15, 0.2) is 24.3 Å². The van der Waals surface area contributed by atoms with Crippen LogP contribution in [0, 0.1) is 6.92 Å². The van der Waals surface area contributed by atoms with Gasteiger partial charge >= 0.3 is 0 Å². The van der Waals surface area contributed by atoms with Crippen LogP contribution in [0.5, 0.6) is 0 Å². The van der Waals surface area contributed by atoms with E-state index in [1.54, 1.807) is 0 Å². The summed E-state index contributed by atoms with van der Waals surface area (Å²) in [5.41, 5.74) is 3.49. The average molecular weight is 354 g/mol. The molecule has 1 aromatic heterocycles. The topological polar surface area (TPSA) is 76.0 Å². The number of fused-ring (bicyclic) bond motifs is 1. The zero-order valence-electron chi connectivity index (χ0n) is 15.5. The first-order chi connectivity index (χ1) is 12.6. The predicted octanol–water partition coefficient (Wildman–Crippen LogP) is 2.60. The van der Waals surface area contributed by atoms with E-state index >= 15 is 0 Å². The van der Waals surface area contributed by atoms with E-state index in [9.17, 15) is 9.59 Å². The molecule has 1 aromatic carbocycles. The van der Waals surface area contributed by atoms with E-state index in [1.165, 1.54) is 5.56 Å². The van der Waals surface area contributed by atoms with E-state index in [1.807, 2.05) is 42.7 Å². The molecule has 26 heavy (non-hydrogen) atoms. The van der Waals surface area contributed by atoms with Gasteiger partial charge in [-0.25, -0.2) is 4.98 Å². The SMILES string of the molecule is CCCNC(=O)c1nc(C(=O)NCc2ccc(C)cc2)c2n1CCCC2. The summed E-state index contributed by atoms with van der Waals surface area (Å²) in [7, 11) is 0. The summed E-state index contributed by atoms with van der Waals surface area (Å²) in [6.45, 7) is 5.83. The summed E-state index contributed by atoms with van der Waals surface area (Å²) >= 11 is 0. The van der Waals surface area contributed by atoms with Gasteiger partial charge in [0.1, 0.15) is 5.69 Å². The van der Waals surface area contributed by atoms with E-state index in [-0.39, 0.29) is 11.8 Å². The van der Waals surface area contributed by atoms with Crippen LogP contribution in [0.1, 0.15) is 64.1 Å². The molecule has 0 atom stereocenters. The monoisotopic (exact) mass is 354 g/mol. The Morgan fingerprint density at radius 1 is 1.12 bits per heavy atom. The van der Waals surface area contributed by atoms with Crippen LogP contribution in [-0.4, -0.2) is 27.9 Å². The number of carbonyl (C=O) groups excluding carboxylic acids is 2. The van der Waals surface area contributed by atoms with E-state index in [2.05, 4.69) is 15.6 Å². The number of carbonyl (C=O) groups is 2. The second-order valence-corrected chi connectivity index (χ2v) is 6.76. The minimum atomic E-state index is -0.217. The largest absolute Gasteiger partial charge is 0.349 e. The highest BCUT2D eigenvalue weighted by Gasteiger charge is 2.27. The molecule has 2 aromatic rings. The zero-order valence-corrected chi connectivity index (χ0v) is 15.5. The third kappa shape index (κ3) is 3.95. The lowest BCUT2D eigenvalue weighted by Gasteiger charge is -2.17. The van der Waals surface area contributed by atoms with Crippen molar-refractivity contribution in [1.82, 2.24) is 20.2 Å². The van der Waals surface area contributed by atoms with Crippen molar-refractivity contribution in [2.45, 2.75) is 52.6 Å². The minimum absolute atomic E-state index is 0.201. The van der Waals surface area contributed by atoms with Crippen molar-refractivity contribution in [2.24, 2.45) is 0 Å². The lowest BCUT2D eigenvalue weighted by Crippen LogP contribution is -2.28. The summed E-state index contributed by atoms with van der Waals surface area (Å²) in [5.74, 6) is -0.0630. The molecule has 1 aliphatic heterocycles. The highest BCUT2D eigenvalue weighted by molar-refractivity contribution is 5.97. The average Bonchev–Trinajstić information content (AvgIpc) is 3.05. The van der Waals surface area contributed by atoms with Crippen LogP contribution >= 0.6 is 0 Å². The Morgan fingerprint density at radius 3 is 2.62 bits per heavy atom. The summed E-state index contributed by atoms with van der Waals surface area (Å²) in [6, 6.07) is 8.05. The van der Waals surface area contributed by atoms with Crippen LogP contribution in [-0.2, 0) is 19.5 Å². The van der Waals surface area contributed by atoms with Crippen LogP contribution in [0.2, 0.25) is 0 Å². The van der Waals surface area contributed by atoms with Gasteiger partial charge in [-0.3, -0.25) is 9.59 Å². The molecule has 0 spiro atoms. The van der Waals surface area contributed by atoms with Crippen LogP contribution in [0.25, 0.3) is 0 Å². The molecule has 2 N–H and O–H groups in total. The number of aromatic nitrogens is 2. The van der Waals surface area contributed by atoms with Gasteiger partial charge in [-0.05, 0) is 38.2 Å². The van der Waals surface area contributed by atoms with E-state index in [0.717, 1.165) is 43.5 Å². The Balaban J connectivity index is 1.77. The number of nitrogens with one attached hydrogen (secondary N) is 2. The lowest BCUT2D eigenvalue weighted by molar-refractivity contribution is 0.0937. The summed E-state index contributed by atoms with van der Waals surface area (Å²) in [4.78, 5) is 29.5. The van der Waals surface area contributed by atoms with Gasteiger partial charge in [0.15, 0.2) is 5.82 Å². The summed E-state index contributed by atoms with van der Waals surface area (Å²) in [6.07, 6.45) is 3.66. The molecule has 1 aliphatic rings. The van der Waals surface area contributed by atoms with Gasteiger partial charge in [0, 0.05) is 19.6 Å². The number of hydrogen-bond acceptors (Lipinski definition) is 3. The van der Waals surface area contributed by atoms with Gasteiger partial charge < -0.3 is 15.2 Å². The maximum absolute atomic E-state index is 12.7. The van der Waals surface area contributed by atoms with Crippen LogP contribution < -0.4 is 10.6 Å². The van der Waals surface area contributed by atoms with Gasteiger partial charge in [0.05, 0.1) is 5.69 Å². The Bertz CT molecular complexity index is 793. The van der Waals surface area contributed by atoms with Gasteiger partial charge in [0.2, 0.25) is 0 Å². The summed E-state index contributed by atoms with van der Waals surface area (Å²) < 4.78 is 1.91. The molecular weight excluding hydrogens is 328 g/mol. The predicted molar refractivity (Wildman–Crippen MR) is 100 cm³/mol. The van der Waals surface area contributed by atoms with Gasteiger partial charge in [0.25, 0.3) is 11.8 Å². The van der Waals surface area contributed by atoms with Gasteiger partial charge in [-0.15, -0.1) is 0 Å². The first kappa shape index (κ1) is 18.2. The first-order valence-electron chi connectivity index (χ1n) is 9.31. The second kappa shape index (κ2) is 8.17. The van der Waals surface area contributed by atoms with Crippen molar-refractivity contribution in [2.75, 3.05) is 6.54 Å². The quantitative estimate of drug-likeness (QED) is 0.837. The normalized spacial score (nSPS) is 13.2. The highest BCUT2D eigenvalue weighted by Crippen LogP contribution is 2.21. The maximum Gasteiger partial charge on any atom is 0.287 e. The molecule has 0 saturated heterocycles. The third-order valence-electron chi connectivity index (χ3n) is 4.65. The Morgan fingerprint density at radius 2 is 1.88 bits per heavy atom. The number of benzene rings is 1. The molecule has 0 fully saturated rings. The van der Waals surface area contributed by atoms with Gasteiger partial charge in [-0.2, -0.15) is 0 Å². The molecule has 0 unspecified atom stereocenters. The van der Waals surface area contributed by atoms with Crippen molar-refractivity contribution < 1.29 is 9.59 Å². The molecule has 2 heterocycles. The molecule has 2 amide bonds. The summed E-state index contributed by atoms with van der Waals surface area (Å²) in [5, 5.41) is 5.79. The standard InChI is InChI=1S/C20H26N4O2/c1-3-11-21-20(26)18-23-17(16-6-4-5-12-24(16)18)19(25)22-13-15-9-7-14(2)8-10-15/h7-10H,3-6,11-13H2,1-2H3,(H,21,26)(H,22,25). The fourth-order valence-corrected chi connectivity index (χ4v) is 3.19. The van der Waals surface area contributed by atoms with E-state index < -0.39 is 0 Å². The molecule has 6 heteroatoms. The van der Waals surface area contributed by atoms with Crippen molar-refractivity contribution >= 4 is 11.8 Å². The number of aryl methyl sites for hydroxylation is 1. The molecule has 0 bridgehead atoms. The molecule has 3 rings (SSSR count). The number of imidazole rings is 1. The second-order valence-electron chi connectivity index (χ2n) is 6.76. The Hall–Kier alpha value is -2.63. The Kier molecular flexibility index (Phi) is 5.71. The molecule has 6 nitrogen and oxygen atoms in total. The fraction of sp³-hybridized carbons (Fsp3) is 0.450. The smallest absolute Gasteiger partial charge is 0.287 e. The van der Waals surface area contributed by atoms with Crippen LogP contribution in [0.4, 0.5) is 0 Å². The molecule has 0 radical (unpaired) electrons. The third-order valence-corrected chi connectivity index (χ3v) is 4.65. The minimum Gasteiger partial charge on any atom is -0.349 e. The maximum atomic E-state index is 12.7. The van der Waals surface area contributed by atoms with Crippen molar-refractivity contribution in [3.63, 3.8) is 0 Å². The van der Waals surface area contributed by atoms with E-state index in [0.29, 0.717) is 24.6 Å². The van der Waals surface area contributed by atoms with E-state index in [4.69, 9.17) is 0 Å². The zero-order chi connectivity index (χ0) is 18.5. The van der Waals surface area contributed by atoms with Crippen molar-refractivity contribution in [1.29, 1.82) is 0 Å². The number of amides is 2. The van der Waals surface area contributed by atoms with Crippen molar-refractivity contribution in [3.8, 4) is 0 Å². The molecular formula is C20H26N4O2. The Labute approximate surface area is 154 Å². The van der Waals surface area contributed by atoms with Crippen LogP contribution in [0.3, 0.4) is 0 Å². The number of nitrogens with zero attached hydrogens (tertiary/aromatic N) is 2. The van der Waals surface area contributed by atoms with Gasteiger partial charge in [-0.1, -0.05) is 36.8 Å². The molecule has 0 saturated carbocycles. The fourth-order valence-electron chi connectivity index (χ4n) is 3.19. The highest BCUT2D eigenvalue weighted by atomic mass is 16.2. The number of rotatable bonds is 6. The molecule has 0 aliphatic carbocycles. The van der Waals surface area contributed by atoms with Crippen molar-refractivity contribution in [3.05, 3.63) is 52.6 Å².